The fourth-order valence-electron chi connectivity index (χ4n) is 1.19. The predicted molar refractivity (Wildman–Crippen MR) is 52.8 cm³/mol. The Morgan fingerprint density at radius 3 is 2.69 bits per heavy atom. The zero-order chi connectivity index (χ0) is 9.42. The molecular formula is C9H6BrNO2. The van der Waals surface area contributed by atoms with Crippen LogP contribution in [-0.2, 0) is 0 Å². The minimum Gasteiger partial charge on any atom is -0.508 e. The van der Waals surface area contributed by atoms with Crippen molar-refractivity contribution in [2.24, 2.45) is 0 Å². The van der Waals surface area contributed by atoms with Crippen molar-refractivity contribution >= 4 is 26.8 Å². The molecule has 0 spiro atoms. The van der Waals surface area contributed by atoms with Gasteiger partial charge in [-0.3, -0.25) is 4.98 Å². The van der Waals surface area contributed by atoms with Crippen LogP contribution in [0.4, 0.5) is 0 Å². The van der Waals surface area contributed by atoms with Crippen molar-refractivity contribution in [3.63, 3.8) is 0 Å². The van der Waals surface area contributed by atoms with Gasteiger partial charge in [0.05, 0.1) is 0 Å². The summed E-state index contributed by atoms with van der Waals surface area (Å²) in [6, 6.07) is 4.60. The molecule has 1 aromatic carbocycles. The molecule has 0 aliphatic rings. The molecular weight excluding hydrogens is 234 g/mol. The number of rotatable bonds is 0. The molecule has 0 saturated heterocycles. The Morgan fingerprint density at radius 1 is 1.15 bits per heavy atom. The zero-order valence-corrected chi connectivity index (χ0v) is 8.12. The summed E-state index contributed by atoms with van der Waals surface area (Å²) < 4.78 is 0.810. The third-order valence-corrected chi connectivity index (χ3v) is 2.15. The van der Waals surface area contributed by atoms with Gasteiger partial charge >= 0.3 is 0 Å². The maximum absolute atomic E-state index is 9.41. The van der Waals surface area contributed by atoms with Crippen LogP contribution in [0.2, 0.25) is 0 Å². The highest BCUT2D eigenvalue weighted by Gasteiger charge is 2.03. The van der Waals surface area contributed by atoms with E-state index >= 15 is 0 Å². The molecule has 0 amide bonds. The predicted octanol–water partition coefficient (Wildman–Crippen LogP) is 2.41. The number of aromatic nitrogens is 1. The van der Waals surface area contributed by atoms with Crippen LogP contribution < -0.4 is 0 Å². The Labute approximate surface area is 82.8 Å². The second-order valence-corrected chi connectivity index (χ2v) is 3.61. The Morgan fingerprint density at radius 2 is 1.92 bits per heavy atom. The van der Waals surface area contributed by atoms with Crippen LogP contribution in [0.3, 0.4) is 0 Å². The van der Waals surface area contributed by atoms with Crippen molar-refractivity contribution < 1.29 is 10.2 Å². The Kier molecular flexibility index (Phi) is 1.84. The van der Waals surface area contributed by atoms with Crippen molar-refractivity contribution in [3.8, 4) is 11.5 Å². The summed E-state index contributed by atoms with van der Waals surface area (Å²) in [7, 11) is 0. The van der Waals surface area contributed by atoms with Crippen LogP contribution in [0.25, 0.3) is 10.9 Å². The van der Waals surface area contributed by atoms with Gasteiger partial charge in [-0.25, -0.2) is 0 Å². The van der Waals surface area contributed by atoms with Crippen LogP contribution in [0.5, 0.6) is 11.5 Å². The number of halogens is 1. The van der Waals surface area contributed by atoms with Gasteiger partial charge < -0.3 is 10.2 Å². The molecule has 0 bridgehead atoms. The lowest BCUT2D eigenvalue weighted by molar-refractivity contribution is 0.454. The third kappa shape index (κ3) is 1.45. The van der Waals surface area contributed by atoms with Crippen molar-refractivity contribution in [2.75, 3.05) is 0 Å². The van der Waals surface area contributed by atoms with E-state index in [2.05, 4.69) is 20.9 Å². The van der Waals surface area contributed by atoms with Crippen molar-refractivity contribution in [3.05, 3.63) is 28.9 Å². The molecule has 1 heterocycles. The molecule has 4 heteroatoms. The quantitative estimate of drug-likeness (QED) is 0.743. The molecule has 2 N–H and O–H groups in total. The number of hydrogen-bond acceptors (Lipinski definition) is 3. The first-order chi connectivity index (χ1) is 6.16. The Hall–Kier alpha value is -1.29. The fourth-order valence-corrected chi connectivity index (χ4v) is 1.54. The van der Waals surface area contributed by atoms with Gasteiger partial charge in [-0.1, -0.05) is 0 Å². The number of benzene rings is 1. The third-order valence-electron chi connectivity index (χ3n) is 1.71. The van der Waals surface area contributed by atoms with E-state index in [-0.39, 0.29) is 11.5 Å². The van der Waals surface area contributed by atoms with Crippen LogP contribution in [0.15, 0.2) is 28.9 Å². The van der Waals surface area contributed by atoms with Gasteiger partial charge in [-0.2, -0.15) is 0 Å². The van der Waals surface area contributed by atoms with Crippen LogP contribution in [0.1, 0.15) is 0 Å². The number of phenols is 2. The van der Waals surface area contributed by atoms with E-state index in [1.807, 2.05) is 0 Å². The first-order valence-corrected chi connectivity index (χ1v) is 4.43. The average Bonchev–Trinajstić information content (AvgIpc) is 2.02. The molecule has 0 radical (unpaired) electrons. The second kappa shape index (κ2) is 2.88. The lowest BCUT2D eigenvalue weighted by Gasteiger charge is -2.01. The smallest absolute Gasteiger partial charge is 0.145 e. The molecule has 0 fully saturated rings. The monoisotopic (exact) mass is 239 g/mol. The fraction of sp³-hybridized carbons (Fsp3) is 0. The molecule has 66 valence electrons. The number of fused-ring (bicyclic) bond motifs is 1. The molecule has 1 aromatic heterocycles. The van der Waals surface area contributed by atoms with E-state index in [4.69, 9.17) is 0 Å². The van der Waals surface area contributed by atoms with Gasteiger partial charge in [0.2, 0.25) is 0 Å². The van der Waals surface area contributed by atoms with Crippen LogP contribution in [-0.4, -0.2) is 15.2 Å². The standard InChI is InChI=1S/C9H6BrNO2/c10-6-1-5-2-7(12)3-8(13)9(5)11-4-6/h1-4,12-13H. The minimum atomic E-state index is -0.0116. The normalized spacial score (nSPS) is 10.5. The maximum atomic E-state index is 9.41. The van der Waals surface area contributed by atoms with Crippen molar-refractivity contribution in [2.45, 2.75) is 0 Å². The van der Waals surface area contributed by atoms with E-state index in [0.29, 0.717) is 10.9 Å². The van der Waals surface area contributed by atoms with Crippen LogP contribution >= 0.6 is 15.9 Å². The van der Waals surface area contributed by atoms with Gasteiger partial charge in [0, 0.05) is 22.1 Å². The number of nitrogens with zero attached hydrogens (tertiary/aromatic N) is 1. The topological polar surface area (TPSA) is 53.4 Å². The number of phenolic OH excluding ortho intramolecular Hbond substituents is 2. The highest BCUT2D eigenvalue weighted by molar-refractivity contribution is 9.10. The van der Waals surface area contributed by atoms with E-state index in [1.165, 1.54) is 6.07 Å². The number of aromatic hydroxyl groups is 2. The Balaban J connectivity index is 2.86. The number of pyridine rings is 1. The summed E-state index contributed by atoms with van der Waals surface area (Å²) in [5.41, 5.74) is 0.487. The molecule has 0 unspecified atom stereocenters. The Bertz CT molecular complexity index is 465. The highest BCUT2D eigenvalue weighted by Crippen LogP contribution is 2.29. The summed E-state index contributed by atoms with van der Waals surface area (Å²) >= 11 is 3.26. The number of hydrogen-bond donors (Lipinski definition) is 2. The van der Waals surface area contributed by atoms with E-state index in [1.54, 1.807) is 18.3 Å². The minimum absolute atomic E-state index is 0.0116. The summed E-state index contributed by atoms with van der Waals surface area (Å²) in [5.74, 6) is 0.0207. The lowest BCUT2D eigenvalue weighted by Crippen LogP contribution is -1.79. The molecule has 2 aromatic rings. The summed E-state index contributed by atoms with van der Waals surface area (Å²) in [6.07, 6.45) is 1.60. The van der Waals surface area contributed by atoms with Gasteiger partial charge in [-0.05, 0) is 28.1 Å². The molecule has 0 aliphatic heterocycles. The highest BCUT2D eigenvalue weighted by atomic mass is 79.9. The van der Waals surface area contributed by atoms with Gasteiger partial charge in [0.15, 0.2) is 0 Å². The second-order valence-electron chi connectivity index (χ2n) is 2.69. The zero-order valence-electron chi connectivity index (χ0n) is 6.53. The van der Waals surface area contributed by atoms with E-state index in [9.17, 15) is 10.2 Å². The van der Waals surface area contributed by atoms with Gasteiger partial charge in [0.1, 0.15) is 17.0 Å². The largest absolute Gasteiger partial charge is 0.508 e. The first-order valence-electron chi connectivity index (χ1n) is 3.64. The maximum Gasteiger partial charge on any atom is 0.145 e. The molecule has 3 nitrogen and oxygen atoms in total. The van der Waals surface area contributed by atoms with E-state index < -0.39 is 0 Å². The van der Waals surface area contributed by atoms with E-state index in [0.717, 1.165) is 4.47 Å². The first kappa shape index (κ1) is 8.31. The molecule has 13 heavy (non-hydrogen) atoms. The molecule has 0 aliphatic carbocycles. The molecule has 0 atom stereocenters. The average molecular weight is 240 g/mol. The lowest BCUT2D eigenvalue weighted by atomic mass is 10.2. The van der Waals surface area contributed by atoms with Gasteiger partial charge in [-0.15, -0.1) is 0 Å². The molecule has 2 rings (SSSR count). The SMILES string of the molecule is Oc1cc(O)c2ncc(Br)cc2c1. The van der Waals surface area contributed by atoms with Crippen molar-refractivity contribution in [1.82, 2.24) is 4.98 Å². The summed E-state index contributed by atoms with van der Waals surface area (Å²) in [5, 5.41) is 19.3. The molecule has 0 saturated carbocycles. The van der Waals surface area contributed by atoms with Crippen molar-refractivity contribution in [1.29, 1.82) is 0 Å². The summed E-state index contributed by atoms with van der Waals surface area (Å²) in [4.78, 5) is 4.01. The van der Waals surface area contributed by atoms with Crippen LogP contribution in [0, 0.1) is 0 Å². The van der Waals surface area contributed by atoms with Gasteiger partial charge in [0.25, 0.3) is 0 Å². The summed E-state index contributed by atoms with van der Waals surface area (Å²) in [6.45, 7) is 0.